The summed E-state index contributed by atoms with van der Waals surface area (Å²) >= 11 is 3.33. The lowest BCUT2D eigenvalue weighted by molar-refractivity contribution is -0.127. The fourth-order valence-electron chi connectivity index (χ4n) is 4.31. The molecule has 5 nitrogen and oxygen atoms in total. The van der Waals surface area contributed by atoms with E-state index in [9.17, 15) is 13.2 Å². The maximum Gasteiger partial charge on any atom is 0.243 e. The number of nitrogens with zero attached hydrogens (tertiary/aromatic N) is 1. The molecule has 4 rings (SSSR count). The molecule has 0 radical (unpaired) electrons. The van der Waals surface area contributed by atoms with E-state index in [2.05, 4.69) is 33.4 Å². The Morgan fingerprint density at radius 1 is 1.00 bits per heavy atom. The average Bonchev–Trinajstić information content (AvgIpc) is 2.74. The number of halogens is 1. The summed E-state index contributed by atoms with van der Waals surface area (Å²) in [5.41, 5.74) is 2.54. The fraction of sp³-hybridized carbons (Fsp3) is 0.409. The highest BCUT2D eigenvalue weighted by Gasteiger charge is 2.33. The van der Waals surface area contributed by atoms with Crippen molar-refractivity contribution in [1.82, 2.24) is 9.62 Å². The van der Waals surface area contributed by atoms with Gasteiger partial charge < -0.3 is 5.32 Å². The van der Waals surface area contributed by atoms with Gasteiger partial charge >= 0.3 is 0 Å². The van der Waals surface area contributed by atoms with Crippen LogP contribution in [0.2, 0.25) is 0 Å². The van der Waals surface area contributed by atoms with Crippen molar-refractivity contribution in [2.75, 3.05) is 13.1 Å². The highest BCUT2D eigenvalue weighted by atomic mass is 79.9. The standard InChI is InChI=1S/C22H25BrN2O3S/c23-18-8-10-19(11-9-18)29(27,28)25-14-12-17(13-15-25)22(26)24-21-7-3-5-16-4-1-2-6-20(16)21/h1-2,4,6,8-11,17,21H,3,5,7,12-15H2,(H,24,26)/t21-/m1/s1. The van der Waals surface area contributed by atoms with E-state index in [0.717, 1.165) is 23.7 Å². The molecule has 154 valence electrons. The third kappa shape index (κ3) is 4.42. The van der Waals surface area contributed by atoms with Crippen LogP contribution in [0.4, 0.5) is 0 Å². The molecular weight excluding hydrogens is 452 g/mol. The predicted octanol–water partition coefficient (Wildman–Crippen LogP) is 4.04. The summed E-state index contributed by atoms with van der Waals surface area (Å²) < 4.78 is 28.0. The van der Waals surface area contributed by atoms with Gasteiger partial charge in [0.05, 0.1) is 10.9 Å². The van der Waals surface area contributed by atoms with E-state index in [0.29, 0.717) is 30.8 Å². The first-order valence-electron chi connectivity index (χ1n) is 10.1. The molecule has 1 aliphatic carbocycles. The molecule has 7 heteroatoms. The lowest BCUT2D eigenvalue weighted by atomic mass is 9.87. The summed E-state index contributed by atoms with van der Waals surface area (Å²) in [6.07, 6.45) is 4.20. The van der Waals surface area contributed by atoms with Gasteiger partial charge in [-0.1, -0.05) is 40.2 Å². The molecule has 2 aromatic carbocycles. The number of hydrogen-bond acceptors (Lipinski definition) is 3. The quantitative estimate of drug-likeness (QED) is 0.723. The molecular formula is C22H25BrN2O3S. The van der Waals surface area contributed by atoms with Crippen molar-refractivity contribution in [1.29, 1.82) is 0 Å². The van der Waals surface area contributed by atoms with Crippen LogP contribution in [0.1, 0.15) is 42.9 Å². The maximum atomic E-state index is 12.9. The molecule has 29 heavy (non-hydrogen) atoms. The minimum Gasteiger partial charge on any atom is -0.349 e. The van der Waals surface area contributed by atoms with Gasteiger partial charge in [-0.05, 0) is 67.5 Å². The number of aryl methyl sites for hydroxylation is 1. The van der Waals surface area contributed by atoms with Crippen LogP contribution < -0.4 is 5.32 Å². The second-order valence-corrected chi connectivity index (χ2v) is 10.6. The predicted molar refractivity (Wildman–Crippen MR) is 116 cm³/mol. The minimum absolute atomic E-state index is 0.0485. The molecule has 1 atom stereocenters. The number of nitrogens with one attached hydrogen (secondary N) is 1. The fourth-order valence-corrected chi connectivity index (χ4v) is 6.04. The highest BCUT2D eigenvalue weighted by molar-refractivity contribution is 9.10. The van der Waals surface area contributed by atoms with Crippen molar-refractivity contribution in [2.24, 2.45) is 5.92 Å². The molecule has 0 saturated carbocycles. The number of amides is 1. The van der Waals surface area contributed by atoms with Crippen molar-refractivity contribution < 1.29 is 13.2 Å². The topological polar surface area (TPSA) is 66.5 Å². The van der Waals surface area contributed by atoms with Crippen molar-refractivity contribution in [3.63, 3.8) is 0 Å². The van der Waals surface area contributed by atoms with Gasteiger partial charge in [0.2, 0.25) is 15.9 Å². The Labute approximate surface area is 180 Å². The zero-order valence-corrected chi connectivity index (χ0v) is 18.6. The summed E-state index contributed by atoms with van der Waals surface area (Å²) in [6, 6.07) is 15.1. The maximum absolute atomic E-state index is 12.9. The first kappa shape index (κ1) is 20.6. The number of benzene rings is 2. The molecule has 2 aromatic rings. The smallest absolute Gasteiger partial charge is 0.243 e. The molecule has 1 N–H and O–H groups in total. The van der Waals surface area contributed by atoms with Crippen molar-refractivity contribution in [3.8, 4) is 0 Å². The first-order valence-corrected chi connectivity index (χ1v) is 12.3. The summed E-state index contributed by atoms with van der Waals surface area (Å²) in [4.78, 5) is 13.1. The second-order valence-electron chi connectivity index (χ2n) is 7.78. The van der Waals surface area contributed by atoms with Crippen LogP contribution in [0.3, 0.4) is 0 Å². The Morgan fingerprint density at radius 3 is 2.41 bits per heavy atom. The number of rotatable bonds is 4. The van der Waals surface area contributed by atoms with Crippen LogP contribution >= 0.6 is 15.9 Å². The van der Waals surface area contributed by atoms with Crippen LogP contribution in [0.25, 0.3) is 0 Å². The number of sulfonamides is 1. The van der Waals surface area contributed by atoms with Gasteiger partial charge in [-0.15, -0.1) is 0 Å². The zero-order valence-electron chi connectivity index (χ0n) is 16.2. The number of hydrogen-bond donors (Lipinski definition) is 1. The third-order valence-corrected chi connectivity index (χ3v) is 8.40. The molecule has 0 aromatic heterocycles. The van der Waals surface area contributed by atoms with Crippen LogP contribution in [-0.4, -0.2) is 31.7 Å². The largest absolute Gasteiger partial charge is 0.349 e. The highest BCUT2D eigenvalue weighted by Crippen LogP contribution is 2.31. The molecule has 1 saturated heterocycles. The second kappa shape index (κ2) is 8.58. The molecule has 2 aliphatic rings. The first-order chi connectivity index (χ1) is 13.9. The summed E-state index contributed by atoms with van der Waals surface area (Å²) in [5.74, 6) is -0.0900. The van der Waals surface area contributed by atoms with Crippen molar-refractivity contribution in [2.45, 2.75) is 43.0 Å². The number of carbonyl (C=O) groups is 1. The Kier molecular flexibility index (Phi) is 6.08. The van der Waals surface area contributed by atoms with E-state index in [1.165, 1.54) is 15.4 Å². The summed E-state index contributed by atoms with van der Waals surface area (Å²) in [6.45, 7) is 0.746. The number of carbonyl (C=O) groups excluding carboxylic acids is 1. The summed E-state index contributed by atoms with van der Waals surface area (Å²) in [7, 11) is -3.51. The average molecular weight is 477 g/mol. The normalized spacial score (nSPS) is 20.8. The Hall–Kier alpha value is -1.70. The minimum atomic E-state index is -3.51. The van der Waals surface area contributed by atoms with E-state index in [1.54, 1.807) is 24.3 Å². The van der Waals surface area contributed by atoms with E-state index >= 15 is 0 Å². The molecule has 1 aliphatic heterocycles. The van der Waals surface area contributed by atoms with Gasteiger partial charge in [-0.3, -0.25) is 4.79 Å². The van der Waals surface area contributed by atoms with Crippen LogP contribution in [-0.2, 0) is 21.2 Å². The molecule has 0 spiro atoms. The van der Waals surface area contributed by atoms with Gasteiger partial charge in [-0.25, -0.2) is 8.42 Å². The summed E-state index contributed by atoms with van der Waals surface area (Å²) in [5, 5.41) is 3.22. The molecule has 0 unspecified atom stereocenters. The molecule has 1 amide bonds. The zero-order chi connectivity index (χ0) is 20.4. The van der Waals surface area contributed by atoms with E-state index in [-0.39, 0.29) is 17.9 Å². The van der Waals surface area contributed by atoms with Gasteiger partial charge in [0, 0.05) is 23.5 Å². The molecule has 0 bridgehead atoms. The van der Waals surface area contributed by atoms with Gasteiger partial charge in [0.25, 0.3) is 0 Å². The van der Waals surface area contributed by atoms with E-state index in [1.807, 2.05) is 12.1 Å². The van der Waals surface area contributed by atoms with Crippen LogP contribution in [0.15, 0.2) is 57.9 Å². The monoisotopic (exact) mass is 476 g/mol. The lowest BCUT2D eigenvalue weighted by Gasteiger charge is -2.32. The lowest BCUT2D eigenvalue weighted by Crippen LogP contribution is -2.44. The molecule has 1 heterocycles. The molecule has 1 fully saturated rings. The Balaban J connectivity index is 1.37. The number of piperidine rings is 1. The van der Waals surface area contributed by atoms with E-state index < -0.39 is 10.0 Å². The third-order valence-electron chi connectivity index (χ3n) is 5.96. The van der Waals surface area contributed by atoms with Crippen LogP contribution in [0.5, 0.6) is 0 Å². The van der Waals surface area contributed by atoms with Crippen LogP contribution in [0, 0.1) is 5.92 Å². The Morgan fingerprint density at radius 2 is 1.69 bits per heavy atom. The van der Waals surface area contributed by atoms with E-state index in [4.69, 9.17) is 0 Å². The van der Waals surface area contributed by atoms with Crippen molar-refractivity contribution in [3.05, 3.63) is 64.1 Å². The van der Waals surface area contributed by atoms with Crippen molar-refractivity contribution >= 4 is 31.9 Å². The van der Waals surface area contributed by atoms with Gasteiger partial charge in [-0.2, -0.15) is 4.31 Å². The SMILES string of the molecule is O=C(N[C@@H]1CCCc2ccccc21)C1CCN(S(=O)(=O)c2ccc(Br)cc2)CC1. The Bertz CT molecular complexity index is 983. The van der Waals surface area contributed by atoms with Gasteiger partial charge in [0.1, 0.15) is 0 Å². The number of fused-ring (bicyclic) bond motifs is 1. The van der Waals surface area contributed by atoms with Gasteiger partial charge in [0.15, 0.2) is 0 Å².